The Morgan fingerprint density at radius 3 is 1.73 bits per heavy atom. The van der Waals surface area contributed by atoms with E-state index in [2.05, 4.69) is 13.8 Å². The quantitative estimate of drug-likeness (QED) is 0.0297. The van der Waals surface area contributed by atoms with Crippen molar-refractivity contribution >= 4 is 11.9 Å². The number of hydrogen-bond donors (Lipinski definition) is 4. The van der Waals surface area contributed by atoms with Crippen LogP contribution in [-0.2, 0) is 23.8 Å². The van der Waals surface area contributed by atoms with Crippen molar-refractivity contribution < 1.29 is 44.2 Å². The van der Waals surface area contributed by atoms with Crippen LogP contribution in [0, 0.1) is 5.92 Å². The molecular formula is C42H76O9. The first kappa shape index (κ1) is 47.2. The Morgan fingerprint density at radius 1 is 0.686 bits per heavy atom. The molecule has 1 aliphatic heterocycles. The van der Waals surface area contributed by atoms with E-state index in [1.807, 2.05) is 12.2 Å². The molecular weight excluding hydrogens is 648 g/mol. The summed E-state index contributed by atoms with van der Waals surface area (Å²) in [5.74, 6) is -1.00. The lowest BCUT2D eigenvalue weighted by Gasteiger charge is -2.36. The van der Waals surface area contributed by atoms with E-state index in [0.717, 1.165) is 38.5 Å². The van der Waals surface area contributed by atoms with Gasteiger partial charge in [-0.3, -0.25) is 9.59 Å². The van der Waals surface area contributed by atoms with Crippen LogP contribution in [0.2, 0.25) is 0 Å². The molecule has 1 unspecified atom stereocenters. The number of carbonyl (C=O) groups excluding carboxylic acids is 2. The third kappa shape index (κ3) is 27.5. The summed E-state index contributed by atoms with van der Waals surface area (Å²) in [5.41, 5.74) is 0. The first-order valence-corrected chi connectivity index (χ1v) is 20.8. The van der Waals surface area contributed by atoms with Gasteiger partial charge < -0.3 is 34.6 Å². The van der Waals surface area contributed by atoms with E-state index < -0.39 is 36.7 Å². The smallest absolute Gasteiger partial charge is 0.305 e. The minimum Gasteiger partial charge on any atom is -0.463 e. The van der Waals surface area contributed by atoms with Gasteiger partial charge in [-0.1, -0.05) is 154 Å². The first-order valence-electron chi connectivity index (χ1n) is 20.8. The predicted molar refractivity (Wildman–Crippen MR) is 204 cm³/mol. The van der Waals surface area contributed by atoms with Gasteiger partial charge in [0.2, 0.25) is 0 Å². The van der Waals surface area contributed by atoms with E-state index in [9.17, 15) is 30.0 Å². The number of carbonyl (C=O) groups is 2. The summed E-state index contributed by atoms with van der Waals surface area (Å²) in [5, 5.41) is 40.8. The van der Waals surface area contributed by atoms with Crippen molar-refractivity contribution in [2.24, 2.45) is 5.92 Å². The second-order valence-corrected chi connectivity index (χ2v) is 14.6. The summed E-state index contributed by atoms with van der Waals surface area (Å²) >= 11 is 0. The predicted octanol–water partition coefficient (Wildman–Crippen LogP) is 8.78. The maximum atomic E-state index is 12.1. The number of ether oxygens (including phenoxy) is 3. The number of hydrogen-bond acceptors (Lipinski definition) is 9. The third-order valence-corrected chi connectivity index (χ3v) is 9.73. The van der Waals surface area contributed by atoms with Gasteiger partial charge in [0.05, 0.1) is 18.3 Å². The molecule has 0 amide bonds. The van der Waals surface area contributed by atoms with Crippen molar-refractivity contribution in [1.29, 1.82) is 0 Å². The monoisotopic (exact) mass is 725 g/mol. The number of esters is 2. The standard InChI is InChI=1S/C42H76O9/c1-3-5-7-8-9-10-11-12-13-14-15-16-17-18-19-24-28-40(46)49-33-36(44)34-50-41(47)29-25-21-20-23-27-37-38(45)32-42(48)51-39(37)31-30-35(43)26-22-6-4-2/h20,23,30-31,35-39,42-45,48H,3-19,21-22,24-29,32-34H2,1-2H3/b23-20-,31-30+/t35-,36+,37-,38-,39+,42?/m0/s1. The number of aliphatic hydroxyl groups is 4. The van der Waals surface area contributed by atoms with Crippen molar-refractivity contribution in [2.45, 2.75) is 211 Å². The van der Waals surface area contributed by atoms with E-state index in [4.69, 9.17) is 14.2 Å². The summed E-state index contributed by atoms with van der Waals surface area (Å²) in [6.07, 6.45) is 30.0. The van der Waals surface area contributed by atoms with Crippen LogP contribution in [0.1, 0.15) is 181 Å². The normalized spacial score (nSPS) is 20.6. The molecule has 0 aromatic carbocycles. The van der Waals surface area contributed by atoms with Crippen molar-refractivity contribution in [2.75, 3.05) is 13.2 Å². The molecule has 4 N–H and O–H groups in total. The van der Waals surface area contributed by atoms with Gasteiger partial charge in [0.1, 0.15) is 19.3 Å². The highest BCUT2D eigenvalue weighted by Crippen LogP contribution is 2.29. The molecule has 0 radical (unpaired) electrons. The number of unbranched alkanes of at least 4 members (excludes halogenated alkanes) is 18. The van der Waals surface area contributed by atoms with Crippen molar-refractivity contribution in [3.63, 3.8) is 0 Å². The Hall–Kier alpha value is -1.78. The molecule has 9 nitrogen and oxygen atoms in total. The van der Waals surface area contributed by atoms with Crippen molar-refractivity contribution in [3.05, 3.63) is 24.3 Å². The maximum absolute atomic E-state index is 12.1. The molecule has 0 bridgehead atoms. The van der Waals surface area contributed by atoms with E-state index in [-0.39, 0.29) is 37.9 Å². The fourth-order valence-electron chi connectivity index (χ4n) is 6.48. The number of rotatable bonds is 33. The molecule has 298 valence electrons. The molecule has 9 heteroatoms. The average Bonchev–Trinajstić information content (AvgIpc) is 3.11. The Bertz CT molecular complexity index is 892. The molecule has 0 aromatic rings. The molecule has 51 heavy (non-hydrogen) atoms. The second kappa shape index (κ2) is 32.8. The summed E-state index contributed by atoms with van der Waals surface area (Å²) in [7, 11) is 0. The minimum absolute atomic E-state index is 0.137. The van der Waals surface area contributed by atoms with E-state index in [0.29, 0.717) is 32.1 Å². The van der Waals surface area contributed by atoms with Crippen LogP contribution in [-0.4, -0.2) is 76.3 Å². The lowest BCUT2D eigenvalue weighted by molar-refractivity contribution is -0.199. The Morgan fingerprint density at radius 2 is 1.18 bits per heavy atom. The number of aliphatic hydroxyl groups excluding tert-OH is 4. The Balaban J connectivity index is 2.05. The molecule has 1 saturated heterocycles. The summed E-state index contributed by atoms with van der Waals surface area (Å²) < 4.78 is 15.9. The molecule has 1 fully saturated rings. The highest BCUT2D eigenvalue weighted by atomic mass is 16.6. The zero-order valence-electron chi connectivity index (χ0n) is 32.4. The van der Waals surface area contributed by atoms with Crippen LogP contribution >= 0.6 is 0 Å². The van der Waals surface area contributed by atoms with Crippen LogP contribution in [0.4, 0.5) is 0 Å². The zero-order chi connectivity index (χ0) is 37.4. The second-order valence-electron chi connectivity index (χ2n) is 14.6. The number of allylic oxidation sites excluding steroid dienone is 2. The van der Waals surface area contributed by atoms with Gasteiger partial charge in [-0.25, -0.2) is 0 Å². The van der Waals surface area contributed by atoms with E-state index in [1.165, 1.54) is 83.5 Å². The van der Waals surface area contributed by atoms with Gasteiger partial charge in [0, 0.05) is 25.2 Å². The van der Waals surface area contributed by atoms with Gasteiger partial charge in [-0.05, 0) is 32.1 Å². The highest BCUT2D eigenvalue weighted by Gasteiger charge is 2.35. The van der Waals surface area contributed by atoms with Crippen molar-refractivity contribution in [1.82, 2.24) is 0 Å². The first-order chi connectivity index (χ1) is 24.8. The summed E-state index contributed by atoms with van der Waals surface area (Å²) in [6.45, 7) is 3.98. The topological polar surface area (TPSA) is 143 Å². The zero-order valence-corrected chi connectivity index (χ0v) is 32.4. The average molecular weight is 725 g/mol. The van der Waals surface area contributed by atoms with E-state index in [1.54, 1.807) is 12.2 Å². The molecule has 0 aliphatic carbocycles. The third-order valence-electron chi connectivity index (χ3n) is 9.73. The molecule has 0 spiro atoms. The van der Waals surface area contributed by atoms with Crippen molar-refractivity contribution in [3.8, 4) is 0 Å². The molecule has 6 atom stereocenters. The molecule has 0 aromatic heterocycles. The van der Waals surface area contributed by atoms with Gasteiger partial charge in [0.15, 0.2) is 6.29 Å². The van der Waals surface area contributed by atoms with Gasteiger partial charge in [-0.15, -0.1) is 0 Å². The SMILES string of the molecule is CCCCCCCCCCCCCCCCCCC(=O)OC[C@@H](O)COC(=O)CCC/C=C\C[C@H]1[C@@H](O)CC(O)O[C@@H]1/C=C/[C@@H](O)CCCCC. The minimum atomic E-state index is -1.05. The maximum Gasteiger partial charge on any atom is 0.305 e. The van der Waals surface area contributed by atoms with Gasteiger partial charge in [0.25, 0.3) is 0 Å². The lowest BCUT2D eigenvalue weighted by Crippen LogP contribution is -2.43. The van der Waals surface area contributed by atoms with Crippen LogP contribution in [0.25, 0.3) is 0 Å². The molecule has 1 aliphatic rings. The Kier molecular flexibility index (Phi) is 30.4. The molecule has 1 heterocycles. The van der Waals surface area contributed by atoms with E-state index >= 15 is 0 Å². The van der Waals surface area contributed by atoms with Gasteiger partial charge >= 0.3 is 11.9 Å². The fourth-order valence-corrected chi connectivity index (χ4v) is 6.48. The van der Waals surface area contributed by atoms with Crippen LogP contribution in [0.5, 0.6) is 0 Å². The van der Waals surface area contributed by atoms with Crippen LogP contribution in [0.3, 0.4) is 0 Å². The van der Waals surface area contributed by atoms with Gasteiger partial charge in [-0.2, -0.15) is 0 Å². The fraction of sp³-hybridized carbons (Fsp3) is 0.857. The highest BCUT2D eigenvalue weighted by molar-refractivity contribution is 5.69. The largest absolute Gasteiger partial charge is 0.463 e. The molecule has 0 saturated carbocycles. The summed E-state index contributed by atoms with van der Waals surface area (Å²) in [6, 6.07) is 0. The van der Waals surface area contributed by atoms with Crippen LogP contribution < -0.4 is 0 Å². The lowest BCUT2D eigenvalue weighted by atomic mass is 9.87. The van der Waals surface area contributed by atoms with Crippen LogP contribution in [0.15, 0.2) is 24.3 Å². The molecule has 1 rings (SSSR count). The Labute approximate surface area is 310 Å². The summed E-state index contributed by atoms with van der Waals surface area (Å²) in [4.78, 5) is 24.1.